The minimum absolute atomic E-state index is 0.0749. The molecule has 16 heavy (non-hydrogen) atoms. The maximum Gasteiger partial charge on any atom is 0.453 e. The lowest BCUT2D eigenvalue weighted by Crippen LogP contribution is -2.30. The summed E-state index contributed by atoms with van der Waals surface area (Å²) in [7, 11) is 0. The molecule has 0 aliphatic carbocycles. The molecule has 0 unspecified atom stereocenters. The molecule has 0 saturated carbocycles. The van der Waals surface area contributed by atoms with E-state index in [1.54, 1.807) is 0 Å². The molecule has 10 heteroatoms. The Morgan fingerprint density at radius 2 is 2.25 bits per heavy atom. The van der Waals surface area contributed by atoms with Crippen molar-refractivity contribution in [2.45, 2.75) is 11.3 Å². The highest BCUT2D eigenvalue weighted by molar-refractivity contribution is 7.98. The van der Waals surface area contributed by atoms with Crippen molar-refractivity contribution in [2.24, 2.45) is 5.73 Å². The van der Waals surface area contributed by atoms with Gasteiger partial charge in [0.1, 0.15) is 0 Å². The van der Waals surface area contributed by atoms with E-state index in [1.165, 1.54) is 6.26 Å². The molecule has 1 aromatic heterocycles. The average Bonchev–Trinajstić information content (AvgIpc) is 2.60. The minimum Gasteiger partial charge on any atom is -0.322 e. The average molecular weight is 255 g/mol. The van der Waals surface area contributed by atoms with Crippen LogP contribution < -0.4 is 11.2 Å². The standard InChI is InChI=1S/C6H8F3N5OS/c1-16-5-11-4(6(7,8)9)13-14(5)12-3(15)2-10/h2,10H2,1H3,(H,12,15). The van der Waals surface area contributed by atoms with Gasteiger partial charge in [-0.2, -0.15) is 18.2 Å². The highest BCUT2D eigenvalue weighted by Crippen LogP contribution is 2.27. The van der Waals surface area contributed by atoms with Gasteiger partial charge in [-0.3, -0.25) is 4.79 Å². The van der Waals surface area contributed by atoms with Crippen LogP contribution in [0.25, 0.3) is 0 Å². The molecule has 0 aliphatic heterocycles. The Balaban J connectivity index is 3.00. The van der Waals surface area contributed by atoms with Crippen LogP contribution in [0.15, 0.2) is 5.16 Å². The van der Waals surface area contributed by atoms with Gasteiger partial charge in [-0.15, -0.1) is 9.89 Å². The Bertz CT molecular complexity index is 390. The molecule has 0 radical (unpaired) electrons. The van der Waals surface area contributed by atoms with Crippen LogP contribution in [-0.2, 0) is 11.0 Å². The summed E-state index contributed by atoms with van der Waals surface area (Å²) in [6, 6.07) is 0. The zero-order chi connectivity index (χ0) is 12.3. The Hall–Kier alpha value is -1.29. The van der Waals surface area contributed by atoms with Gasteiger partial charge in [-0.25, -0.2) is 5.43 Å². The highest BCUT2D eigenvalue weighted by atomic mass is 32.2. The number of alkyl halides is 3. The molecule has 0 saturated heterocycles. The van der Waals surface area contributed by atoms with Gasteiger partial charge in [-0.05, 0) is 6.26 Å². The van der Waals surface area contributed by atoms with Gasteiger partial charge < -0.3 is 5.73 Å². The second kappa shape index (κ2) is 4.70. The van der Waals surface area contributed by atoms with Crippen molar-refractivity contribution in [3.05, 3.63) is 5.82 Å². The highest BCUT2D eigenvalue weighted by Gasteiger charge is 2.37. The summed E-state index contributed by atoms with van der Waals surface area (Å²) in [5.74, 6) is -1.97. The van der Waals surface area contributed by atoms with Gasteiger partial charge in [-0.1, -0.05) is 11.8 Å². The number of nitrogens with two attached hydrogens (primary N) is 1. The predicted octanol–water partition coefficient (Wildman–Crippen LogP) is 0.0476. The van der Waals surface area contributed by atoms with Crippen LogP contribution in [0.4, 0.5) is 13.2 Å². The first-order valence-corrected chi connectivity index (χ1v) is 5.19. The molecule has 0 fully saturated rings. The van der Waals surface area contributed by atoms with E-state index in [0.29, 0.717) is 4.79 Å². The predicted molar refractivity (Wildman–Crippen MR) is 50.2 cm³/mol. The largest absolute Gasteiger partial charge is 0.453 e. The third kappa shape index (κ3) is 2.85. The fourth-order valence-corrected chi connectivity index (χ4v) is 1.22. The number of nitrogens with one attached hydrogen (secondary N) is 1. The van der Waals surface area contributed by atoms with Gasteiger partial charge >= 0.3 is 6.18 Å². The third-order valence-electron chi connectivity index (χ3n) is 1.43. The lowest BCUT2D eigenvalue weighted by Gasteiger charge is -2.03. The smallest absolute Gasteiger partial charge is 0.322 e. The van der Waals surface area contributed by atoms with Gasteiger partial charge in [0.25, 0.3) is 11.7 Å². The van der Waals surface area contributed by atoms with Crippen LogP contribution in [0.1, 0.15) is 5.82 Å². The van der Waals surface area contributed by atoms with Crippen molar-refractivity contribution in [2.75, 3.05) is 18.2 Å². The molecule has 3 N–H and O–H groups in total. The number of rotatable bonds is 3. The lowest BCUT2D eigenvalue weighted by molar-refractivity contribution is -0.145. The molecule has 6 nitrogen and oxygen atoms in total. The van der Waals surface area contributed by atoms with E-state index in [2.05, 4.69) is 15.5 Å². The second-order valence-electron chi connectivity index (χ2n) is 2.57. The number of carbonyl (C=O) groups is 1. The lowest BCUT2D eigenvalue weighted by atomic mass is 10.6. The summed E-state index contributed by atoms with van der Waals surface area (Å²) < 4.78 is 36.8. The van der Waals surface area contributed by atoms with Gasteiger partial charge in [0.2, 0.25) is 5.16 Å². The number of carbonyl (C=O) groups excluding carboxylic acids is 1. The van der Waals surface area contributed by atoms with Gasteiger partial charge in [0, 0.05) is 0 Å². The molecule has 0 aliphatic rings. The number of hydrogen-bond donors (Lipinski definition) is 2. The van der Waals surface area contributed by atoms with E-state index in [0.717, 1.165) is 11.8 Å². The fourth-order valence-electron chi connectivity index (χ4n) is 0.787. The van der Waals surface area contributed by atoms with Gasteiger partial charge in [0.05, 0.1) is 6.54 Å². The molecule has 1 amide bonds. The summed E-state index contributed by atoms with van der Waals surface area (Å²) >= 11 is 0.919. The first-order chi connectivity index (χ1) is 7.38. The van der Waals surface area contributed by atoms with Crippen LogP contribution in [0.3, 0.4) is 0 Å². The molecule has 0 spiro atoms. The summed E-state index contributed by atoms with van der Waals surface area (Å²) in [5, 5.41) is 3.04. The fraction of sp³-hybridized carbons (Fsp3) is 0.500. The topological polar surface area (TPSA) is 85.8 Å². The monoisotopic (exact) mass is 255 g/mol. The molecule has 0 aromatic carbocycles. The molecule has 0 bridgehead atoms. The van der Waals surface area contributed by atoms with Crippen molar-refractivity contribution in [3.63, 3.8) is 0 Å². The number of hydrogen-bond acceptors (Lipinski definition) is 5. The van der Waals surface area contributed by atoms with Crippen LogP contribution >= 0.6 is 11.8 Å². The van der Waals surface area contributed by atoms with E-state index in [4.69, 9.17) is 5.73 Å². The normalized spacial score (nSPS) is 11.6. The maximum absolute atomic E-state index is 12.3. The summed E-state index contributed by atoms with van der Waals surface area (Å²) in [5.41, 5.74) is 7.06. The minimum atomic E-state index is -4.65. The van der Waals surface area contributed by atoms with Crippen molar-refractivity contribution in [1.29, 1.82) is 0 Å². The summed E-state index contributed by atoms with van der Waals surface area (Å²) in [4.78, 5) is 14.8. The van der Waals surface area contributed by atoms with Crippen LogP contribution in [0.5, 0.6) is 0 Å². The number of aromatic nitrogens is 3. The Labute approximate surface area is 92.4 Å². The van der Waals surface area contributed by atoms with Crippen LogP contribution in [0, 0.1) is 0 Å². The van der Waals surface area contributed by atoms with Gasteiger partial charge in [0.15, 0.2) is 0 Å². The number of amides is 1. The second-order valence-corrected chi connectivity index (χ2v) is 3.34. The van der Waals surface area contributed by atoms with Crippen molar-refractivity contribution in [1.82, 2.24) is 14.9 Å². The first kappa shape index (κ1) is 12.8. The molecule has 1 rings (SSSR count). The third-order valence-corrected chi connectivity index (χ3v) is 2.06. The first-order valence-electron chi connectivity index (χ1n) is 3.96. The van der Waals surface area contributed by atoms with Crippen LogP contribution in [-0.4, -0.2) is 33.6 Å². The maximum atomic E-state index is 12.3. The van der Waals surface area contributed by atoms with E-state index in [-0.39, 0.29) is 11.7 Å². The molecule has 1 heterocycles. The summed E-state index contributed by atoms with van der Waals surface area (Å²) in [6.07, 6.45) is -3.14. The quantitative estimate of drug-likeness (QED) is 0.745. The number of nitrogens with zero attached hydrogens (tertiary/aromatic N) is 3. The van der Waals surface area contributed by atoms with Crippen LogP contribution in [0.2, 0.25) is 0 Å². The Kier molecular flexibility index (Phi) is 3.75. The Morgan fingerprint density at radius 1 is 1.62 bits per heavy atom. The van der Waals surface area contributed by atoms with E-state index in [9.17, 15) is 18.0 Å². The SMILES string of the molecule is CSc1nc(C(F)(F)F)nn1NC(=O)CN. The van der Waals surface area contributed by atoms with E-state index >= 15 is 0 Å². The van der Waals surface area contributed by atoms with Crippen molar-refractivity contribution < 1.29 is 18.0 Å². The molecule has 90 valence electrons. The molecule has 1 aromatic rings. The molecule has 0 atom stereocenters. The van der Waals surface area contributed by atoms with E-state index < -0.39 is 17.9 Å². The number of halogens is 3. The molecular weight excluding hydrogens is 247 g/mol. The molecular formula is C6H8F3N5OS. The Morgan fingerprint density at radius 3 is 2.69 bits per heavy atom. The van der Waals surface area contributed by atoms with Crippen molar-refractivity contribution >= 4 is 17.7 Å². The number of thioether (sulfide) groups is 1. The zero-order valence-electron chi connectivity index (χ0n) is 8.08. The van der Waals surface area contributed by atoms with E-state index in [1.807, 2.05) is 0 Å². The summed E-state index contributed by atoms with van der Waals surface area (Å²) in [6.45, 7) is -0.352. The zero-order valence-corrected chi connectivity index (χ0v) is 8.89. The van der Waals surface area contributed by atoms with Crippen molar-refractivity contribution in [3.8, 4) is 0 Å².